The first-order valence-electron chi connectivity index (χ1n) is 15.0. The molecule has 0 saturated heterocycles. The molecule has 43 heavy (non-hydrogen) atoms. The Bertz CT molecular complexity index is 1420. The second kappa shape index (κ2) is 15.7. The Hall–Kier alpha value is -3.68. The number of thioether (sulfide) groups is 1. The normalized spacial score (nSPS) is 15.7. The molecule has 7 heteroatoms. The zero-order valence-corrected chi connectivity index (χ0v) is 26.3. The summed E-state index contributed by atoms with van der Waals surface area (Å²) in [6, 6.07) is 21.4. The number of carbonyl (C=O) groups is 3. The zero-order valence-electron chi connectivity index (χ0n) is 25.5. The monoisotopic (exact) mass is 599 g/mol. The van der Waals surface area contributed by atoms with Gasteiger partial charge in [0.15, 0.2) is 5.78 Å². The van der Waals surface area contributed by atoms with Gasteiger partial charge in [-0.15, -0.1) is 17.2 Å². The zero-order chi connectivity index (χ0) is 30.8. The molecule has 0 fully saturated rings. The number of rotatable bonds is 13. The Morgan fingerprint density at radius 2 is 1.65 bits per heavy atom. The van der Waals surface area contributed by atoms with Gasteiger partial charge in [0.05, 0.1) is 5.57 Å². The van der Waals surface area contributed by atoms with Crippen molar-refractivity contribution in [3.63, 3.8) is 0 Å². The van der Waals surface area contributed by atoms with Gasteiger partial charge in [0.2, 0.25) is 0 Å². The molecule has 0 aromatic heterocycles. The van der Waals surface area contributed by atoms with Crippen LogP contribution in [0.4, 0.5) is 4.79 Å². The van der Waals surface area contributed by atoms with Gasteiger partial charge in [-0.3, -0.25) is 4.79 Å². The molecule has 1 aliphatic carbocycles. The lowest BCUT2D eigenvalue weighted by molar-refractivity contribution is -0.115. The Labute approximate surface area is 259 Å². The summed E-state index contributed by atoms with van der Waals surface area (Å²) in [4.78, 5) is 44.9. The van der Waals surface area contributed by atoms with Crippen molar-refractivity contribution in [2.75, 3.05) is 5.75 Å². The third kappa shape index (κ3) is 8.91. The van der Waals surface area contributed by atoms with E-state index in [0.29, 0.717) is 36.9 Å². The van der Waals surface area contributed by atoms with Gasteiger partial charge >= 0.3 is 6.16 Å². The number of hydrogen-bond donors (Lipinski definition) is 1. The van der Waals surface area contributed by atoms with Crippen LogP contribution in [0.25, 0.3) is 5.57 Å². The topological polar surface area (TPSA) is 81.7 Å². The highest BCUT2D eigenvalue weighted by molar-refractivity contribution is 7.99. The largest absolute Gasteiger partial charge is 0.533 e. The van der Waals surface area contributed by atoms with E-state index >= 15 is 0 Å². The van der Waals surface area contributed by atoms with Crippen LogP contribution in [0.5, 0.6) is 0 Å². The molecule has 1 N–H and O–H groups in total. The summed E-state index contributed by atoms with van der Waals surface area (Å²) in [5.74, 6) is 1.20. The molecule has 4 rings (SSSR count). The lowest BCUT2D eigenvalue weighted by Gasteiger charge is -2.28. The summed E-state index contributed by atoms with van der Waals surface area (Å²) in [7, 11) is 0. The second-order valence-electron chi connectivity index (χ2n) is 11.1. The van der Waals surface area contributed by atoms with Crippen molar-refractivity contribution in [2.45, 2.75) is 77.2 Å². The Morgan fingerprint density at radius 1 is 0.977 bits per heavy atom. The predicted molar refractivity (Wildman–Crippen MR) is 172 cm³/mol. The van der Waals surface area contributed by atoms with Gasteiger partial charge in [-0.1, -0.05) is 79.6 Å². The Kier molecular flexibility index (Phi) is 11.8. The van der Waals surface area contributed by atoms with E-state index in [4.69, 9.17) is 9.57 Å². The van der Waals surface area contributed by atoms with Crippen LogP contribution in [0.15, 0.2) is 77.4 Å². The molecule has 0 saturated carbocycles. The van der Waals surface area contributed by atoms with Crippen molar-refractivity contribution in [2.24, 2.45) is 5.92 Å². The van der Waals surface area contributed by atoms with Gasteiger partial charge in [0.1, 0.15) is 18.1 Å². The highest BCUT2D eigenvalue weighted by Crippen LogP contribution is 2.39. The van der Waals surface area contributed by atoms with Gasteiger partial charge in [-0.25, -0.2) is 4.79 Å². The SMILES string of the molecule is CCc1cc(C)cc(CC)c1C1=C(OC(=O)ON[C@H](C=O)Cc2ccccc2)CC(CCSc2ccc(C)cc2)CC1=O. The highest BCUT2D eigenvalue weighted by Gasteiger charge is 2.33. The molecular formula is C36H41NO5S. The van der Waals surface area contributed by atoms with Crippen LogP contribution in [-0.2, 0) is 38.4 Å². The fraction of sp³-hybridized carbons (Fsp3) is 0.361. The van der Waals surface area contributed by atoms with E-state index in [1.54, 1.807) is 11.8 Å². The maximum atomic E-state index is 13.8. The second-order valence-corrected chi connectivity index (χ2v) is 12.3. The number of benzene rings is 3. The lowest BCUT2D eigenvalue weighted by atomic mass is 9.79. The van der Waals surface area contributed by atoms with E-state index in [1.165, 1.54) is 10.5 Å². The molecule has 0 amide bonds. The molecule has 0 aliphatic heterocycles. The Morgan fingerprint density at radius 3 is 2.28 bits per heavy atom. The molecule has 1 aliphatic rings. The quantitative estimate of drug-likeness (QED) is 0.0930. The average Bonchev–Trinajstić information content (AvgIpc) is 3.00. The van der Waals surface area contributed by atoms with Crippen LogP contribution < -0.4 is 5.48 Å². The van der Waals surface area contributed by atoms with Gasteiger partial charge < -0.3 is 14.4 Å². The Balaban J connectivity index is 1.55. The van der Waals surface area contributed by atoms with Crippen LogP contribution in [0.2, 0.25) is 0 Å². The summed E-state index contributed by atoms with van der Waals surface area (Å²) in [6.45, 7) is 8.27. The minimum absolute atomic E-state index is 0.0181. The average molecular weight is 600 g/mol. The first-order valence-corrected chi connectivity index (χ1v) is 16.0. The number of hydroxylamine groups is 1. The summed E-state index contributed by atoms with van der Waals surface area (Å²) >= 11 is 1.76. The van der Waals surface area contributed by atoms with Crippen LogP contribution in [-0.4, -0.2) is 30.0 Å². The minimum atomic E-state index is -0.988. The van der Waals surface area contributed by atoms with Crippen molar-refractivity contribution in [1.29, 1.82) is 0 Å². The molecule has 1 unspecified atom stereocenters. The molecule has 3 aromatic carbocycles. The predicted octanol–water partition coefficient (Wildman–Crippen LogP) is 7.77. The van der Waals surface area contributed by atoms with Crippen LogP contribution in [0.1, 0.15) is 66.5 Å². The van der Waals surface area contributed by atoms with Gasteiger partial charge in [-0.2, -0.15) is 0 Å². The summed E-state index contributed by atoms with van der Waals surface area (Å²) in [5.41, 5.74) is 9.29. The van der Waals surface area contributed by atoms with Crippen LogP contribution in [0, 0.1) is 19.8 Å². The van der Waals surface area contributed by atoms with E-state index in [0.717, 1.165) is 52.8 Å². The molecule has 2 atom stereocenters. The molecular weight excluding hydrogens is 558 g/mol. The number of aryl methyl sites for hydroxylation is 4. The van der Waals surface area contributed by atoms with E-state index in [9.17, 15) is 14.4 Å². The number of nitrogens with one attached hydrogen (secondary N) is 1. The van der Waals surface area contributed by atoms with Gasteiger partial charge in [0, 0.05) is 17.7 Å². The number of Topliss-reactive ketones (excluding diaryl/α,β-unsaturated/α-hetero) is 1. The highest BCUT2D eigenvalue weighted by atomic mass is 32.2. The number of aldehydes is 1. The van der Waals surface area contributed by atoms with Crippen molar-refractivity contribution in [1.82, 2.24) is 5.48 Å². The third-order valence-corrected chi connectivity index (χ3v) is 8.79. The fourth-order valence-electron chi connectivity index (χ4n) is 5.56. The molecule has 226 valence electrons. The van der Waals surface area contributed by atoms with Crippen molar-refractivity contribution in [3.8, 4) is 0 Å². The summed E-state index contributed by atoms with van der Waals surface area (Å²) in [5, 5.41) is 0. The number of allylic oxidation sites excluding steroid dienone is 2. The number of ketones is 1. The fourth-order valence-corrected chi connectivity index (χ4v) is 6.58. The number of hydrogen-bond acceptors (Lipinski definition) is 7. The first kappa shape index (κ1) is 32.2. The van der Waals surface area contributed by atoms with E-state index in [-0.39, 0.29) is 11.7 Å². The smallest absolute Gasteiger partial charge is 0.398 e. The van der Waals surface area contributed by atoms with Gasteiger partial charge in [0.25, 0.3) is 0 Å². The van der Waals surface area contributed by atoms with Gasteiger partial charge in [-0.05, 0) is 85.6 Å². The summed E-state index contributed by atoms with van der Waals surface area (Å²) < 4.78 is 5.82. The first-order chi connectivity index (χ1) is 20.8. The third-order valence-electron chi connectivity index (χ3n) is 7.74. The molecule has 0 spiro atoms. The molecule has 3 aromatic rings. The minimum Gasteiger partial charge on any atom is -0.398 e. The molecule has 0 radical (unpaired) electrons. The van der Waals surface area contributed by atoms with Crippen molar-refractivity contribution >= 4 is 35.6 Å². The van der Waals surface area contributed by atoms with E-state index in [1.807, 2.05) is 30.3 Å². The van der Waals surface area contributed by atoms with Crippen molar-refractivity contribution in [3.05, 3.63) is 106 Å². The van der Waals surface area contributed by atoms with E-state index < -0.39 is 12.2 Å². The maximum absolute atomic E-state index is 13.8. The lowest BCUT2D eigenvalue weighted by Crippen LogP contribution is -2.35. The molecule has 0 bridgehead atoms. The van der Waals surface area contributed by atoms with Crippen LogP contribution in [0.3, 0.4) is 0 Å². The maximum Gasteiger partial charge on any atom is 0.533 e. The number of ether oxygens (including phenoxy) is 1. The molecule has 6 nitrogen and oxygen atoms in total. The van der Waals surface area contributed by atoms with E-state index in [2.05, 4.69) is 69.6 Å². The number of carbonyl (C=O) groups excluding carboxylic acids is 3. The van der Waals surface area contributed by atoms with Crippen LogP contribution >= 0.6 is 11.8 Å². The standard InChI is InChI=1S/C36H41NO5S/c1-5-28-18-25(4)19-29(6-2)34(28)35-32(39)21-27(16-17-43-31-14-12-24(3)13-15-31)22-33(35)41-36(40)42-37-30(23-38)20-26-10-8-7-9-11-26/h7-15,18-19,23,27,30,37H,5-6,16-17,20-22H2,1-4H3/t27?,30-/m0/s1. The van der Waals surface area contributed by atoms with Crippen molar-refractivity contribution < 1.29 is 24.0 Å². The molecule has 0 heterocycles. The summed E-state index contributed by atoms with van der Waals surface area (Å²) in [6.07, 6.45) is 3.21.